The first-order valence-electron chi connectivity index (χ1n) is 9.70. The second kappa shape index (κ2) is 10.3. The number of nitrogens with one attached hydrogen (secondary N) is 3. The number of carbonyl (C=O) groups is 2. The maximum Gasteiger partial charge on any atom is 0.253 e. The Bertz CT molecular complexity index is 1220. The van der Waals surface area contributed by atoms with Gasteiger partial charge in [0.05, 0.1) is 40.7 Å². The molecule has 0 heterocycles. The third-order valence-corrected chi connectivity index (χ3v) is 5.43. The Morgan fingerprint density at radius 3 is 2.12 bits per heavy atom. The number of para-hydroxylation sites is 2. The molecule has 1 atom stereocenters. The van der Waals surface area contributed by atoms with Crippen LogP contribution < -0.4 is 15.4 Å². The van der Waals surface area contributed by atoms with Crippen molar-refractivity contribution < 1.29 is 18.0 Å². The van der Waals surface area contributed by atoms with E-state index in [1.54, 1.807) is 48.5 Å². The van der Waals surface area contributed by atoms with E-state index in [9.17, 15) is 18.0 Å². The van der Waals surface area contributed by atoms with Crippen LogP contribution in [-0.4, -0.2) is 26.5 Å². The van der Waals surface area contributed by atoms with Crippen LogP contribution in [0.2, 0.25) is 5.02 Å². The van der Waals surface area contributed by atoms with E-state index in [0.717, 1.165) is 11.8 Å². The Hall–Kier alpha value is -3.36. The number of sulfonamides is 1. The minimum atomic E-state index is -3.52. The molecule has 0 saturated carbocycles. The highest BCUT2D eigenvalue weighted by Gasteiger charge is 2.21. The second-order valence-electron chi connectivity index (χ2n) is 7.09. The van der Waals surface area contributed by atoms with E-state index in [1.807, 2.05) is 30.3 Å². The van der Waals surface area contributed by atoms with Gasteiger partial charge in [0, 0.05) is 0 Å². The molecule has 3 rings (SSSR count). The first-order chi connectivity index (χ1) is 15.2. The van der Waals surface area contributed by atoms with Crippen LogP contribution in [0.25, 0.3) is 0 Å². The van der Waals surface area contributed by atoms with Crippen molar-refractivity contribution in [3.8, 4) is 0 Å². The molecular formula is C23H22ClN3O4S. The van der Waals surface area contributed by atoms with Gasteiger partial charge in [0.2, 0.25) is 15.9 Å². The molecule has 32 heavy (non-hydrogen) atoms. The van der Waals surface area contributed by atoms with Crippen molar-refractivity contribution in [3.63, 3.8) is 0 Å². The number of carbonyl (C=O) groups excluding carboxylic acids is 2. The van der Waals surface area contributed by atoms with Crippen LogP contribution in [0.15, 0.2) is 78.9 Å². The standard InChI is InChI=1S/C23H22ClN3O4S/c1-32(30,31)27-20-14-8-7-13-19(20)25-22(28)15-21(16-9-3-2-4-10-16)26-23(29)17-11-5-6-12-18(17)24/h2-14,21,27H,15H2,1H3,(H,25,28)(H,26,29). The highest BCUT2D eigenvalue weighted by Crippen LogP contribution is 2.24. The van der Waals surface area contributed by atoms with Crippen molar-refractivity contribution in [3.05, 3.63) is 95.0 Å². The first-order valence-corrected chi connectivity index (χ1v) is 12.0. The van der Waals surface area contributed by atoms with Gasteiger partial charge in [-0.15, -0.1) is 0 Å². The number of benzene rings is 3. The summed E-state index contributed by atoms with van der Waals surface area (Å²) in [6.45, 7) is 0. The predicted molar refractivity (Wildman–Crippen MR) is 126 cm³/mol. The van der Waals surface area contributed by atoms with Gasteiger partial charge in [0.25, 0.3) is 5.91 Å². The molecule has 2 amide bonds. The van der Waals surface area contributed by atoms with Crippen molar-refractivity contribution in [2.24, 2.45) is 0 Å². The molecule has 0 spiro atoms. The van der Waals surface area contributed by atoms with Crippen molar-refractivity contribution in [2.45, 2.75) is 12.5 Å². The van der Waals surface area contributed by atoms with E-state index in [0.29, 0.717) is 16.3 Å². The molecule has 3 N–H and O–H groups in total. The third kappa shape index (κ3) is 6.57. The maximum atomic E-state index is 12.8. The van der Waals surface area contributed by atoms with Crippen molar-refractivity contribution in [2.75, 3.05) is 16.3 Å². The van der Waals surface area contributed by atoms with Gasteiger partial charge in [0.15, 0.2) is 0 Å². The first kappa shape index (κ1) is 23.3. The Morgan fingerprint density at radius 2 is 1.47 bits per heavy atom. The SMILES string of the molecule is CS(=O)(=O)Nc1ccccc1NC(=O)CC(NC(=O)c1ccccc1Cl)c1ccccc1. The van der Waals surface area contributed by atoms with Gasteiger partial charge in [-0.05, 0) is 29.8 Å². The molecule has 9 heteroatoms. The van der Waals surface area contributed by atoms with Gasteiger partial charge < -0.3 is 10.6 Å². The molecule has 0 aliphatic carbocycles. The smallest absolute Gasteiger partial charge is 0.253 e. The number of rotatable bonds is 8. The van der Waals surface area contributed by atoms with Crippen molar-refractivity contribution in [1.82, 2.24) is 5.32 Å². The van der Waals surface area contributed by atoms with Crippen molar-refractivity contribution in [1.29, 1.82) is 0 Å². The number of hydrogen-bond acceptors (Lipinski definition) is 4. The number of halogens is 1. The lowest BCUT2D eigenvalue weighted by molar-refractivity contribution is -0.116. The van der Waals surface area contributed by atoms with Gasteiger partial charge in [-0.1, -0.05) is 66.2 Å². The molecule has 0 radical (unpaired) electrons. The fraction of sp³-hybridized carbons (Fsp3) is 0.130. The summed E-state index contributed by atoms with van der Waals surface area (Å²) < 4.78 is 25.6. The van der Waals surface area contributed by atoms with Gasteiger partial charge >= 0.3 is 0 Å². The van der Waals surface area contributed by atoms with E-state index < -0.39 is 27.9 Å². The average Bonchev–Trinajstić information content (AvgIpc) is 2.74. The lowest BCUT2D eigenvalue weighted by Gasteiger charge is -2.20. The van der Waals surface area contributed by atoms with Crippen LogP contribution in [0.4, 0.5) is 11.4 Å². The molecule has 0 saturated heterocycles. The van der Waals surface area contributed by atoms with E-state index in [-0.39, 0.29) is 12.1 Å². The summed E-state index contributed by atoms with van der Waals surface area (Å²) in [5.74, 6) is -0.808. The van der Waals surface area contributed by atoms with Crippen LogP contribution in [0, 0.1) is 0 Å². The zero-order chi connectivity index (χ0) is 23.1. The highest BCUT2D eigenvalue weighted by atomic mass is 35.5. The van der Waals surface area contributed by atoms with Crippen LogP contribution in [0.1, 0.15) is 28.4 Å². The van der Waals surface area contributed by atoms with E-state index in [2.05, 4.69) is 15.4 Å². The maximum absolute atomic E-state index is 12.8. The largest absolute Gasteiger partial charge is 0.345 e. The fourth-order valence-electron chi connectivity index (χ4n) is 3.09. The minimum absolute atomic E-state index is 0.0760. The summed E-state index contributed by atoms with van der Waals surface area (Å²) in [6, 6.07) is 21.6. The quantitative estimate of drug-likeness (QED) is 0.457. The molecule has 166 valence electrons. The monoisotopic (exact) mass is 471 g/mol. The van der Waals surface area contributed by atoms with Crippen LogP contribution in [0.5, 0.6) is 0 Å². The average molecular weight is 472 g/mol. The predicted octanol–water partition coefficient (Wildman–Crippen LogP) is 4.21. The zero-order valence-electron chi connectivity index (χ0n) is 17.2. The zero-order valence-corrected chi connectivity index (χ0v) is 18.8. The second-order valence-corrected chi connectivity index (χ2v) is 9.24. The summed E-state index contributed by atoms with van der Waals surface area (Å²) in [7, 11) is -3.52. The Kier molecular flexibility index (Phi) is 7.50. The molecular weight excluding hydrogens is 450 g/mol. The van der Waals surface area contributed by atoms with E-state index >= 15 is 0 Å². The van der Waals surface area contributed by atoms with Crippen LogP contribution >= 0.6 is 11.6 Å². The van der Waals surface area contributed by atoms with Gasteiger partial charge in [-0.2, -0.15) is 0 Å². The summed E-state index contributed by atoms with van der Waals surface area (Å²) in [5.41, 5.74) is 1.61. The third-order valence-electron chi connectivity index (χ3n) is 4.51. The van der Waals surface area contributed by atoms with Crippen molar-refractivity contribution >= 4 is 44.8 Å². The summed E-state index contributed by atoms with van der Waals surface area (Å²) >= 11 is 6.14. The molecule has 1 unspecified atom stereocenters. The number of hydrogen-bond donors (Lipinski definition) is 3. The highest BCUT2D eigenvalue weighted by molar-refractivity contribution is 7.92. The molecule has 3 aromatic carbocycles. The summed E-state index contributed by atoms with van der Waals surface area (Å²) in [5, 5.41) is 5.89. The van der Waals surface area contributed by atoms with Crippen LogP contribution in [-0.2, 0) is 14.8 Å². The molecule has 0 bridgehead atoms. The van der Waals surface area contributed by atoms with E-state index in [1.165, 1.54) is 0 Å². The van der Waals surface area contributed by atoms with Gasteiger partial charge in [0.1, 0.15) is 0 Å². The molecule has 3 aromatic rings. The molecule has 7 nitrogen and oxygen atoms in total. The number of amides is 2. The fourth-order valence-corrected chi connectivity index (χ4v) is 3.89. The lowest BCUT2D eigenvalue weighted by atomic mass is 10.0. The summed E-state index contributed by atoms with van der Waals surface area (Å²) in [6.07, 6.45) is 0.953. The van der Waals surface area contributed by atoms with Gasteiger partial charge in [-0.3, -0.25) is 14.3 Å². The normalized spacial score (nSPS) is 11.9. The molecule has 0 aliphatic heterocycles. The molecule has 0 aliphatic rings. The minimum Gasteiger partial charge on any atom is -0.345 e. The Morgan fingerprint density at radius 1 is 0.875 bits per heavy atom. The van der Waals surface area contributed by atoms with Gasteiger partial charge in [-0.25, -0.2) is 8.42 Å². The Labute approximate surface area is 191 Å². The lowest BCUT2D eigenvalue weighted by Crippen LogP contribution is -2.31. The topological polar surface area (TPSA) is 104 Å². The summed E-state index contributed by atoms with van der Waals surface area (Å²) in [4.78, 5) is 25.6. The molecule has 0 aromatic heterocycles. The van der Waals surface area contributed by atoms with Crippen LogP contribution in [0.3, 0.4) is 0 Å². The molecule has 0 fully saturated rings. The number of anilines is 2. The Balaban J connectivity index is 1.80. The van der Waals surface area contributed by atoms with E-state index in [4.69, 9.17) is 11.6 Å².